The molecule has 0 aromatic heterocycles. The number of halogens is 1. The molecule has 0 amide bonds. The second-order valence-corrected chi connectivity index (χ2v) is 3.49. The highest BCUT2D eigenvalue weighted by Gasteiger charge is 1.95. The standard InChI is InChI=1S/C11H14ClO/c1-9(2)13-8-7-10-3-5-11(12)6-4-10/h3-6,9H,1,7-8H2,2H3. The third-order valence-electron chi connectivity index (χ3n) is 1.71. The van der Waals surface area contributed by atoms with Crippen LogP contribution in [-0.4, -0.2) is 12.7 Å². The van der Waals surface area contributed by atoms with Gasteiger partial charge in [0.05, 0.1) is 12.7 Å². The first-order chi connectivity index (χ1) is 6.18. The van der Waals surface area contributed by atoms with Gasteiger partial charge in [0, 0.05) is 5.02 Å². The SMILES string of the molecule is [CH2]C(C)OCCc1ccc(Cl)cc1. The van der Waals surface area contributed by atoms with Gasteiger partial charge in [-0.25, -0.2) is 0 Å². The van der Waals surface area contributed by atoms with E-state index >= 15 is 0 Å². The summed E-state index contributed by atoms with van der Waals surface area (Å²) in [5, 5.41) is 0.773. The second-order valence-electron chi connectivity index (χ2n) is 3.06. The Morgan fingerprint density at radius 2 is 2.00 bits per heavy atom. The molecule has 1 atom stereocenters. The fourth-order valence-electron chi connectivity index (χ4n) is 1.03. The van der Waals surface area contributed by atoms with Crippen LogP contribution in [-0.2, 0) is 11.2 Å². The van der Waals surface area contributed by atoms with E-state index in [9.17, 15) is 0 Å². The minimum atomic E-state index is 0.0623. The summed E-state index contributed by atoms with van der Waals surface area (Å²) in [6.45, 7) is 6.39. The molecule has 1 aromatic carbocycles. The molecular weight excluding hydrogens is 184 g/mol. The van der Waals surface area contributed by atoms with E-state index in [4.69, 9.17) is 16.3 Å². The maximum absolute atomic E-state index is 5.75. The summed E-state index contributed by atoms with van der Waals surface area (Å²) in [6.07, 6.45) is 0.976. The van der Waals surface area contributed by atoms with E-state index in [1.165, 1.54) is 5.56 Å². The topological polar surface area (TPSA) is 9.23 Å². The van der Waals surface area contributed by atoms with Gasteiger partial charge in [0.1, 0.15) is 0 Å². The summed E-state index contributed by atoms with van der Waals surface area (Å²) in [7, 11) is 0. The lowest BCUT2D eigenvalue weighted by Gasteiger charge is -2.06. The van der Waals surface area contributed by atoms with Crippen molar-refractivity contribution in [1.29, 1.82) is 0 Å². The van der Waals surface area contributed by atoms with E-state index < -0.39 is 0 Å². The van der Waals surface area contributed by atoms with Crippen LogP contribution in [0.1, 0.15) is 12.5 Å². The minimum Gasteiger partial charge on any atom is -0.378 e. The Labute approximate surface area is 84.7 Å². The molecule has 71 valence electrons. The molecular formula is C11H14ClO. The lowest BCUT2D eigenvalue weighted by atomic mass is 10.2. The first kappa shape index (κ1) is 10.6. The lowest BCUT2D eigenvalue weighted by Crippen LogP contribution is -2.06. The van der Waals surface area contributed by atoms with Crippen LogP contribution >= 0.6 is 11.6 Å². The Balaban J connectivity index is 2.33. The summed E-state index contributed by atoms with van der Waals surface area (Å²) in [5.41, 5.74) is 1.24. The minimum absolute atomic E-state index is 0.0623. The zero-order chi connectivity index (χ0) is 9.68. The van der Waals surface area contributed by atoms with Crippen molar-refractivity contribution in [3.8, 4) is 0 Å². The van der Waals surface area contributed by atoms with Crippen molar-refractivity contribution < 1.29 is 4.74 Å². The van der Waals surface area contributed by atoms with Crippen molar-refractivity contribution in [3.05, 3.63) is 41.8 Å². The van der Waals surface area contributed by atoms with Gasteiger partial charge in [0.25, 0.3) is 0 Å². The van der Waals surface area contributed by atoms with Crippen LogP contribution in [0.25, 0.3) is 0 Å². The molecule has 0 bridgehead atoms. The zero-order valence-electron chi connectivity index (χ0n) is 7.79. The van der Waals surface area contributed by atoms with Crippen molar-refractivity contribution >= 4 is 11.6 Å². The van der Waals surface area contributed by atoms with E-state index in [-0.39, 0.29) is 6.10 Å². The summed E-state index contributed by atoms with van der Waals surface area (Å²) in [6, 6.07) is 7.81. The van der Waals surface area contributed by atoms with Gasteiger partial charge in [-0.15, -0.1) is 0 Å². The van der Waals surface area contributed by atoms with Gasteiger partial charge in [-0.3, -0.25) is 0 Å². The Morgan fingerprint density at radius 1 is 1.38 bits per heavy atom. The normalized spacial score (nSPS) is 10.8. The van der Waals surface area contributed by atoms with Crippen molar-refractivity contribution in [1.82, 2.24) is 0 Å². The van der Waals surface area contributed by atoms with Gasteiger partial charge in [-0.2, -0.15) is 0 Å². The van der Waals surface area contributed by atoms with Gasteiger partial charge in [-0.05, 0) is 38.0 Å². The Kier molecular flexibility index (Phi) is 4.26. The first-order valence-electron chi connectivity index (χ1n) is 4.37. The molecule has 0 saturated heterocycles. The molecule has 0 fully saturated rings. The fraction of sp³-hybridized carbons (Fsp3) is 0.364. The monoisotopic (exact) mass is 197 g/mol. The average molecular weight is 198 g/mol. The maximum atomic E-state index is 5.75. The van der Waals surface area contributed by atoms with Gasteiger partial charge in [-0.1, -0.05) is 23.7 Å². The first-order valence-corrected chi connectivity index (χ1v) is 4.75. The molecule has 0 heterocycles. The Morgan fingerprint density at radius 3 is 2.54 bits per heavy atom. The fourth-order valence-corrected chi connectivity index (χ4v) is 1.16. The third-order valence-corrected chi connectivity index (χ3v) is 1.96. The zero-order valence-corrected chi connectivity index (χ0v) is 8.55. The molecule has 0 N–H and O–H groups in total. The largest absolute Gasteiger partial charge is 0.378 e. The molecule has 0 saturated carbocycles. The summed E-state index contributed by atoms with van der Waals surface area (Å²) >= 11 is 5.75. The number of hydrogen-bond acceptors (Lipinski definition) is 1. The van der Waals surface area contributed by atoms with E-state index in [2.05, 4.69) is 6.92 Å². The van der Waals surface area contributed by atoms with Gasteiger partial charge in [0.2, 0.25) is 0 Å². The average Bonchev–Trinajstić information content (AvgIpc) is 2.08. The molecule has 1 radical (unpaired) electrons. The summed E-state index contributed by atoms with van der Waals surface area (Å²) < 4.78 is 5.33. The second kappa shape index (κ2) is 5.25. The quantitative estimate of drug-likeness (QED) is 0.721. The number of benzene rings is 1. The third kappa shape index (κ3) is 4.30. The van der Waals surface area contributed by atoms with Crippen LogP contribution in [0, 0.1) is 6.92 Å². The number of hydrogen-bond donors (Lipinski definition) is 0. The molecule has 1 rings (SSSR count). The van der Waals surface area contributed by atoms with Crippen LogP contribution in [0.15, 0.2) is 24.3 Å². The van der Waals surface area contributed by atoms with Gasteiger partial charge >= 0.3 is 0 Å². The summed E-state index contributed by atoms with van der Waals surface area (Å²) in [4.78, 5) is 0. The van der Waals surface area contributed by atoms with Crippen LogP contribution in [0.2, 0.25) is 5.02 Å². The van der Waals surface area contributed by atoms with Gasteiger partial charge < -0.3 is 4.74 Å². The molecule has 1 unspecified atom stereocenters. The van der Waals surface area contributed by atoms with Crippen LogP contribution in [0.5, 0.6) is 0 Å². The van der Waals surface area contributed by atoms with Crippen LogP contribution < -0.4 is 0 Å². The highest BCUT2D eigenvalue weighted by Crippen LogP contribution is 2.09. The molecule has 0 aliphatic carbocycles. The predicted molar refractivity (Wildman–Crippen MR) is 55.9 cm³/mol. The predicted octanol–water partition coefficient (Wildman–Crippen LogP) is 3.12. The molecule has 0 aliphatic rings. The van der Waals surface area contributed by atoms with Crippen molar-refractivity contribution in [3.63, 3.8) is 0 Å². The van der Waals surface area contributed by atoms with Crippen LogP contribution in [0.4, 0.5) is 0 Å². The van der Waals surface area contributed by atoms with E-state index in [0.29, 0.717) is 6.61 Å². The molecule has 0 spiro atoms. The Bertz CT molecular complexity index is 241. The highest BCUT2D eigenvalue weighted by atomic mass is 35.5. The molecule has 0 aliphatic heterocycles. The van der Waals surface area contributed by atoms with Crippen molar-refractivity contribution in [2.75, 3.05) is 6.61 Å². The Hall–Kier alpha value is -0.530. The molecule has 1 nitrogen and oxygen atoms in total. The molecule has 2 heteroatoms. The van der Waals surface area contributed by atoms with E-state index in [1.807, 2.05) is 31.2 Å². The van der Waals surface area contributed by atoms with E-state index in [1.54, 1.807) is 0 Å². The number of ether oxygens (including phenoxy) is 1. The van der Waals surface area contributed by atoms with Crippen molar-refractivity contribution in [2.45, 2.75) is 19.4 Å². The number of rotatable bonds is 4. The molecule has 1 aromatic rings. The van der Waals surface area contributed by atoms with Crippen LogP contribution in [0.3, 0.4) is 0 Å². The van der Waals surface area contributed by atoms with Gasteiger partial charge in [0.15, 0.2) is 0 Å². The van der Waals surface area contributed by atoms with Crippen molar-refractivity contribution in [2.24, 2.45) is 0 Å². The van der Waals surface area contributed by atoms with E-state index in [0.717, 1.165) is 11.4 Å². The summed E-state index contributed by atoms with van der Waals surface area (Å²) in [5.74, 6) is 0. The lowest BCUT2D eigenvalue weighted by molar-refractivity contribution is 0.0983. The molecule has 13 heavy (non-hydrogen) atoms. The maximum Gasteiger partial charge on any atom is 0.0548 e. The smallest absolute Gasteiger partial charge is 0.0548 e. The highest BCUT2D eigenvalue weighted by molar-refractivity contribution is 6.30.